The second-order valence-electron chi connectivity index (χ2n) is 8.50. The summed E-state index contributed by atoms with van der Waals surface area (Å²) in [4.78, 5) is 0. The zero-order valence-electron chi connectivity index (χ0n) is 19.1. The van der Waals surface area contributed by atoms with Gasteiger partial charge in [-0.1, -0.05) is 45.8 Å². The van der Waals surface area contributed by atoms with E-state index in [1.165, 1.54) is 16.7 Å². The highest BCUT2D eigenvalue weighted by Gasteiger charge is 2.28. The Morgan fingerprint density at radius 2 is 1.85 bits per heavy atom. The van der Waals surface area contributed by atoms with Gasteiger partial charge in [-0.05, 0) is 68.3 Å². The Morgan fingerprint density at radius 3 is 2.64 bits per heavy atom. The van der Waals surface area contributed by atoms with Crippen LogP contribution in [-0.4, -0.2) is 16.9 Å². The molecule has 1 aromatic heterocycles. The smallest absolute Gasteiger partial charge is 0.161 e. The van der Waals surface area contributed by atoms with Crippen molar-refractivity contribution in [1.82, 2.24) is 9.78 Å². The lowest BCUT2D eigenvalue weighted by atomic mass is 9.98. The van der Waals surface area contributed by atoms with E-state index in [9.17, 15) is 0 Å². The van der Waals surface area contributed by atoms with Crippen LogP contribution in [0.15, 0.2) is 65.1 Å². The van der Waals surface area contributed by atoms with Crippen molar-refractivity contribution in [3.05, 3.63) is 93.1 Å². The summed E-state index contributed by atoms with van der Waals surface area (Å²) in [5.41, 5.74) is 9.04. The first-order chi connectivity index (χ1) is 15.9. The van der Waals surface area contributed by atoms with Crippen LogP contribution < -0.4 is 14.8 Å². The van der Waals surface area contributed by atoms with Crippen molar-refractivity contribution in [1.29, 1.82) is 0 Å². The Bertz CT molecular complexity index is 1350. The van der Waals surface area contributed by atoms with Gasteiger partial charge in [0, 0.05) is 21.3 Å². The van der Waals surface area contributed by atoms with Gasteiger partial charge in [-0.15, -0.1) is 0 Å². The van der Waals surface area contributed by atoms with Gasteiger partial charge >= 0.3 is 0 Å². The number of hydrogen-bond acceptors (Lipinski definition) is 4. The van der Waals surface area contributed by atoms with Crippen molar-refractivity contribution in [3.8, 4) is 22.8 Å². The van der Waals surface area contributed by atoms with Gasteiger partial charge in [0.2, 0.25) is 0 Å². The molecule has 0 spiro atoms. The number of halogens is 1. The van der Waals surface area contributed by atoms with Crippen LogP contribution in [0.25, 0.3) is 11.3 Å². The molecular formula is C27H26BrN3O2. The van der Waals surface area contributed by atoms with Gasteiger partial charge in [-0.2, -0.15) is 5.10 Å². The Hall–Kier alpha value is -3.25. The van der Waals surface area contributed by atoms with Crippen LogP contribution >= 0.6 is 15.9 Å². The van der Waals surface area contributed by atoms with Crippen molar-refractivity contribution in [2.24, 2.45) is 0 Å². The SMILES string of the molecule is COc1cc(C2Nc3c(C)cc(C)cc3-c3cc(C)nn32)ccc1OCc1cccc(Br)c1. The Labute approximate surface area is 202 Å². The van der Waals surface area contributed by atoms with Crippen LogP contribution in [0.1, 0.15) is 34.1 Å². The number of nitrogens with one attached hydrogen (secondary N) is 1. The number of benzene rings is 3. The molecule has 0 fully saturated rings. The molecule has 0 saturated carbocycles. The molecule has 0 amide bonds. The molecule has 6 heteroatoms. The van der Waals surface area contributed by atoms with E-state index in [1.807, 2.05) is 37.3 Å². The number of hydrogen-bond donors (Lipinski definition) is 1. The quantitative estimate of drug-likeness (QED) is 0.325. The maximum absolute atomic E-state index is 6.08. The molecule has 0 aliphatic carbocycles. The van der Waals surface area contributed by atoms with E-state index in [1.54, 1.807) is 7.11 Å². The van der Waals surface area contributed by atoms with E-state index in [2.05, 4.69) is 70.1 Å². The van der Waals surface area contributed by atoms with Crippen LogP contribution in [0.5, 0.6) is 11.5 Å². The lowest BCUT2D eigenvalue weighted by Gasteiger charge is -2.31. The number of nitrogens with zero attached hydrogens (tertiary/aromatic N) is 2. The fourth-order valence-corrected chi connectivity index (χ4v) is 4.91. The molecule has 1 N–H and O–H groups in total. The summed E-state index contributed by atoms with van der Waals surface area (Å²) in [6.45, 7) is 6.77. The summed E-state index contributed by atoms with van der Waals surface area (Å²) in [5, 5.41) is 8.52. The third kappa shape index (κ3) is 4.11. The summed E-state index contributed by atoms with van der Waals surface area (Å²) in [7, 11) is 1.67. The van der Waals surface area contributed by atoms with Crippen molar-refractivity contribution < 1.29 is 9.47 Å². The van der Waals surface area contributed by atoms with Crippen molar-refractivity contribution >= 4 is 21.6 Å². The summed E-state index contributed by atoms with van der Waals surface area (Å²) >= 11 is 3.51. The molecule has 0 radical (unpaired) electrons. The Balaban J connectivity index is 1.49. The van der Waals surface area contributed by atoms with E-state index in [0.717, 1.165) is 32.7 Å². The number of ether oxygens (including phenoxy) is 2. The highest BCUT2D eigenvalue weighted by molar-refractivity contribution is 9.10. The van der Waals surface area contributed by atoms with Crippen molar-refractivity contribution in [2.45, 2.75) is 33.5 Å². The van der Waals surface area contributed by atoms with Gasteiger partial charge in [0.25, 0.3) is 0 Å². The summed E-state index contributed by atoms with van der Waals surface area (Å²) < 4.78 is 14.9. The summed E-state index contributed by atoms with van der Waals surface area (Å²) in [6, 6.07) is 20.8. The third-order valence-corrected chi connectivity index (χ3v) is 6.42. The number of anilines is 1. The minimum atomic E-state index is -0.143. The van der Waals surface area contributed by atoms with Crippen LogP contribution in [-0.2, 0) is 6.61 Å². The Morgan fingerprint density at radius 1 is 1.00 bits per heavy atom. The van der Waals surface area contributed by atoms with E-state index in [4.69, 9.17) is 14.6 Å². The fourth-order valence-electron chi connectivity index (χ4n) is 4.46. The number of aryl methyl sites for hydroxylation is 3. The zero-order chi connectivity index (χ0) is 23.1. The van der Waals surface area contributed by atoms with E-state index in [-0.39, 0.29) is 6.17 Å². The maximum atomic E-state index is 6.08. The van der Waals surface area contributed by atoms with Gasteiger partial charge in [-0.25, -0.2) is 4.68 Å². The van der Waals surface area contributed by atoms with E-state index in [0.29, 0.717) is 18.1 Å². The molecule has 1 aliphatic rings. The van der Waals surface area contributed by atoms with Crippen LogP contribution in [0.4, 0.5) is 5.69 Å². The van der Waals surface area contributed by atoms with Crippen LogP contribution in [0.2, 0.25) is 0 Å². The molecule has 1 unspecified atom stereocenters. The molecule has 33 heavy (non-hydrogen) atoms. The van der Waals surface area contributed by atoms with Gasteiger partial charge in [0.15, 0.2) is 11.5 Å². The summed E-state index contributed by atoms with van der Waals surface area (Å²) in [6.07, 6.45) is -0.143. The first-order valence-electron chi connectivity index (χ1n) is 10.9. The fraction of sp³-hybridized carbons (Fsp3) is 0.222. The lowest BCUT2D eigenvalue weighted by Crippen LogP contribution is -2.26. The Kier molecular flexibility index (Phi) is 5.62. The average Bonchev–Trinajstić information content (AvgIpc) is 3.19. The molecule has 0 bridgehead atoms. The van der Waals surface area contributed by atoms with Gasteiger partial charge in [0.1, 0.15) is 12.8 Å². The second-order valence-corrected chi connectivity index (χ2v) is 9.41. The third-order valence-electron chi connectivity index (χ3n) is 5.93. The van der Waals surface area contributed by atoms with Crippen molar-refractivity contribution in [3.63, 3.8) is 0 Å². The molecule has 1 aliphatic heterocycles. The standard InChI is InChI=1S/C27H26BrN3O2/c1-16-10-17(2)26-22(11-16)23-12-18(3)30-31(23)27(29-26)20-8-9-24(25(14-20)32-4)33-15-19-6-5-7-21(28)13-19/h5-14,27,29H,15H2,1-4H3. The minimum absolute atomic E-state index is 0.143. The zero-order valence-corrected chi connectivity index (χ0v) is 20.7. The molecule has 3 aromatic carbocycles. The molecule has 4 aromatic rings. The monoisotopic (exact) mass is 503 g/mol. The van der Waals surface area contributed by atoms with Crippen molar-refractivity contribution in [2.75, 3.05) is 12.4 Å². The molecule has 2 heterocycles. The first kappa shape index (κ1) is 21.6. The summed E-state index contributed by atoms with van der Waals surface area (Å²) in [5.74, 6) is 1.40. The topological polar surface area (TPSA) is 48.3 Å². The van der Waals surface area contributed by atoms with Gasteiger partial charge in [-0.3, -0.25) is 0 Å². The number of fused-ring (bicyclic) bond motifs is 3. The first-order valence-corrected chi connectivity index (χ1v) is 11.7. The molecular weight excluding hydrogens is 478 g/mol. The predicted octanol–water partition coefficient (Wildman–Crippen LogP) is 6.80. The van der Waals surface area contributed by atoms with Crippen LogP contribution in [0, 0.1) is 20.8 Å². The maximum Gasteiger partial charge on any atom is 0.161 e. The normalized spacial score (nSPS) is 14.3. The highest BCUT2D eigenvalue weighted by atomic mass is 79.9. The van der Waals surface area contributed by atoms with E-state index < -0.39 is 0 Å². The predicted molar refractivity (Wildman–Crippen MR) is 135 cm³/mol. The molecule has 5 nitrogen and oxygen atoms in total. The molecule has 1 atom stereocenters. The number of methoxy groups -OCH3 is 1. The second kappa shape index (κ2) is 8.60. The van der Waals surface area contributed by atoms with Gasteiger partial charge in [0.05, 0.1) is 18.5 Å². The van der Waals surface area contributed by atoms with Crippen LogP contribution in [0.3, 0.4) is 0 Å². The lowest BCUT2D eigenvalue weighted by molar-refractivity contribution is 0.284. The molecule has 5 rings (SSSR count). The highest BCUT2D eigenvalue weighted by Crippen LogP contribution is 2.42. The average molecular weight is 504 g/mol. The number of aromatic nitrogens is 2. The minimum Gasteiger partial charge on any atom is -0.493 e. The van der Waals surface area contributed by atoms with Gasteiger partial charge < -0.3 is 14.8 Å². The van der Waals surface area contributed by atoms with E-state index >= 15 is 0 Å². The largest absolute Gasteiger partial charge is 0.493 e. The molecule has 0 saturated heterocycles. The molecule has 168 valence electrons. The number of rotatable bonds is 5.